The number of carbonyl (C=O) groups is 1. The van der Waals surface area contributed by atoms with E-state index < -0.39 is 5.97 Å². The van der Waals surface area contributed by atoms with Crippen molar-refractivity contribution >= 4 is 17.6 Å². The van der Waals surface area contributed by atoms with Gasteiger partial charge in [0.1, 0.15) is 17.4 Å². The first-order chi connectivity index (χ1) is 8.95. The van der Waals surface area contributed by atoms with Crippen LogP contribution >= 0.6 is 11.6 Å². The van der Waals surface area contributed by atoms with E-state index in [2.05, 4.69) is 0 Å². The van der Waals surface area contributed by atoms with Crippen LogP contribution in [0.1, 0.15) is 37.0 Å². The van der Waals surface area contributed by atoms with E-state index in [4.69, 9.17) is 26.2 Å². The second-order valence-electron chi connectivity index (χ2n) is 4.91. The zero-order valence-electron chi connectivity index (χ0n) is 10.9. The van der Waals surface area contributed by atoms with E-state index in [1.807, 2.05) is 13.8 Å². The number of carboxylic acid groups (broad SMARTS) is 1. The Kier molecular flexibility index (Phi) is 4.32. The van der Waals surface area contributed by atoms with Crippen molar-refractivity contribution in [3.63, 3.8) is 0 Å². The molecule has 1 aromatic rings. The van der Waals surface area contributed by atoms with E-state index in [-0.39, 0.29) is 23.9 Å². The van der Waals surface area contributed by atoms with Crippen LogP contribution in [0, 0.1) is 0 Å². The summed E-state index contributed by atoms with van der Waals surface area (Å²) < 4.78 is 11.5. The Balaban J connectivity index is 2.18. The Morgan fingerprint density at radius 1 is 1.37 bits per heavy atom. The Bertz CT molecular complexity index is 465. The summed E-state index contributed by atoms with van der Waals surface area (Å²) >= 11 is 5.90. The van der Waals surface area contributed by atoms with E-state index in [1.54, 1.807) is 12.1 Å². The second-order valence-corrected chi connectivity index (χ2v) is 5.35. The maximum Gasteiger partial charge on any atom is 0.339 e. The van der Waals surface area contributed by atoms with E-state index in [0.29, 0.717) is 10.8 Å². The van der Waals surface area contributed by atoms with Gasteiger partial charge in [0.15, 0.2) is 0 Å². The lowest BCUT2D eigenvalue weighted by Crippen LogP contribution is -2.36. The normalized spacial score (nSPS) is 27.0. The Hall–Kier alpha value is -1.26. The van der Waals surface area contributed by atoms with E-state index in [9.17, 15) is 4.79 Å². The number of halogens is 1. The lowest BCUT2D eigenvalue weighted by molar-refractivity contribution is -0.0722. The minimum atomic E-state index is -1.01. The third-order valence-corrected chi connectivity index (χ3v) is 3.36. The zero-order chi connectivity index (χ0) is 14.0. The van der Waals surface area contributed by atoms with Crippen molar-refractivity contribution in [2.45, 2.75) is 45.0 Å². The summed E-state index contributed by atoms with van der Waals surface area (Å²) in [5, 5.41) is 9.61. The van der Waals surface area contributed by atoms with Crippen molar-refractivity contribution in [3.05, 3.63) is 28.8 Å². The Labute approximate surface area is 117 Å². The van der Waals surface area contributed by atoms with Gasteiger partial charge in [-0.05, 0) is 32.0 Å². The van der Waals surface area contributed by atoms with Crippen LogP contribution in [-0.2, 0) is 4.74 Å². The van der Waals surface area contributed by atoms with Crippen LogP contribution in [0.25, 0.3) is 0 Å². The van der Waals surface area contributed by atoms with Crippen molar-refractivity contribution < 1.29 is 19.4 Å². The summed E-state index contributed by atoms with van der Waals surface area (Å²) in [5.41, 5.74) is 0.135. The molecule has 104 valence electrons. The number of hydrogen-bond acceptors (Lipinski definition) is 3. The highest BCUT2D eigenvalue weighted by molar-refractivity contribution is 6.30. The molecular weight excluding hydrogens is 268 g/mol. The van der Waals surface area contributed by atoms with Crippen LogP contribution in [-0.4, -0.2) is 29.4 Å². The molecule has 1 aromatic carbocycles. The monoisotopic (exact) mass is 284 g/mol. The van der Waals surface area contributed by atoms with Crippen LogP contribution < -0.4 is 4.74 Å². The largest absolute Gasteiger partial charge is 0.489 e. The number of rotatable bonds is 3. The molecule has 2 atom stereocenters. The zero-order valence-corrected chi connectivity index (χ0v) is 11.7. The van der Waals surface area contributed by atoms with Crippen molar-refractivity contribution in [1.29, 1.82) is 0 Å². The predicted octanol–water partition coefficient (Wildman–Crippen LogP) is 3.37. The first-order valence-corrected chi connectivity index (χ1v) is 6.68. The van der Waals surface area contributed by atoms with E-state index >= 15 is 0 Å². The summed E-state index contributed by atoms with van der Waals surface area (Å²) in [6.07, 6.45) is 1.67. The topological polar surface area (TPSA) is 55.8 Å². The summed E-state index contributed by atoms with van der Waals surface area (Å²) in [7, 11) is 0. The summed E-state index contributed by atoms with van der Waals surface area (Å²) in [5.74, 6) is -0.689. The molecule has 1 aliphatic rings. The molecule has 0 aromatic heterocycles. The molecule has 4 nitrogen and oxygen atoms in total. The van der Waals surface area contributed by atoms with Gasteiger partial charge >= 0.3 is 5.97 Å². The first-order valence-electron chi connectivity index (χ1n) is 6.30. The number of hydrogen-bond donors (Lipinski definition) is 1. The predicted molar refractivity (Wildman–Crippen MR) is 72.1 cm³/mol. The summed E-state index contributed by atoms with van der Waals surface area (Å²) in [6, 6.07) is 4.56. The van der Waals surface area contributed by atoms with Gasteiger partial charge in [-0.3, -0.25) is 0 Å². The van der Waals surface area contributed by atoms with Crippen molar-refractivity contribution in [2.75, 3.05) is 0 Å². The minimum absolute atomic E-state index is 0.0460. The highest BCUT2D eigenvalue weighted by Crippen LogP contribution is 2.28. The standard InChI is InChI=1S/C14H17ClO4/c1-8-5-11(6-9(2)18-8)19-13-7-10(15)3-4-12(13)14(16)17/h3-4,7-9,11H,5-6H2,1-2H3,(H,16,17). The van der Waals surface area contributed by atoms with Gasteiger partial charge in [-0.15, -0.1) is 0 Å². The van der Waals surface area contributed by atoms with Crippen LogP contribution in [0.15, 0.2) is 18.2 Å². The average Bonchev–Trinajstić information content (AvgIpc) is 2.26. The van der Waals surface area contributed by atoms with Crippen molar-refractivity contribution in [2.24, 2.45) is 0 Å². The fourth-order valence-electron chi connectivity index (χ4n) is 2.39. The molecule has 0 spiro atoms. The van der Waals surface area contributed by atoms with Crippen LogP contribution in [0.3, 0.4) is 0 Å². The quantitative estimate of drug-likeness (QED) is 0.924. The second kappa shape index (κ2) is 5.80. The van der Waals surface area contributed by atoms with Crippen molar-refractivity contribution in [1.82, 2.24) is 0 Å². The molecule has 1 saturated heterocycles. The maximum atomic E-state index is 11.2. The smallest absolute Gasteiger partial charge is 0.339 e. The van der Waals surface area contributed by atoms with Crippen LogP contribution in [0.4, 0.5) is 0 Å². The number of benzene rings is 1. The summed E-state index contributed by atoms with van der Waals surface area (Å²) in [4.78, 5) is 11.2. The SMILES string of the molecule is CC1CC(Oc2cc(Cl)ccc2C(=O)O)CC(C)O1. The average molecular weight is 285 g/mol. The van der Waals surface area contributed by atoms with E-state index in [0.717, 1.165) is 12.8 Å². The first kappa shape index (κ1) is 14.2. The van der Waals surface area contributed by atoms with Gasteiger partial charge in [0.25, 0.3) is 0 Å². The number of aromatic carboxylic acids is 1. The molecule has 0 bridgehead atoms. The van der Waals surface area contributed by atoms with Gasteiger partial charge in [-0.2, -0.15) is 0 Å². The third kappa shape index (κ3) is 3.61. The minimum Gasteiger partial charge on any atom is -0.489 e. The number of ether oxygens (including phenoxy) is 2. The van der Waals surface area contributed by atoms with Gasteiger partial charge in [-0.25, -0.2) is 4.79 Å². The van der Waals surface area contributed by atoms with Crippen LogP contribution in [0.2, 0.25) is 5.02 Å². The molecule has 1 heterocycles. The van der Waals surface area contributed by atoms with Gasteiger partial charge < -0.3 is 14.6 Å². The molecule has 1 fully saturated rings. The van der Waals surface area contributed by atoms with Crippen LogP contribution in [0.5, 0.6) is 5.75 Å². The molecule has 0 saturated carbocycles. The summed E-state index contributed by atoms with van der Waals surface area (Å²) in [6.45, 7) is 3.98. The molecular formula is C14H17ClO4. The molecule has 19 heavy (non-hydrogen) atoms. The molecule has 0 amide bonds. The third-order valence-electron chi connectivity index (χ3n) is 3.12. The molecule has 0 aliphatic carbocycles. The highest BCUT2D eigenvalue weighted by atomic mass is 35.5. The molecule has 0 radical (unpaired) electrons. The van der Waals surface area contributed by atoms with Gasteiger partial charge in [0.05, 0.1) is 12.2 Å². The molecule has 1 aliphatic heterocycles. The van der Waals surface area contributed by atoms with Crippen molar-refractivity contribution in [3.8, 4) is 5.75 Å². The van der Waals surface area contributed by atoms with Gasteiger partial charge in [0.2, 0.25) is 0 Å². The molecule has 5 heteroatoms. The fourth-order valence-corrected chi connectivity index (χ4v) is 2.55. The number of carboxylic acids is 1. The maximum absolute atomic E-state index is 11.2. The van der Waals surface area contributed by atoms with Gasteiger partial charge in [-0.1, -0.05) is 11.6 Å². The molecule has 2 rings (SSSR count). The van der Waals surface area contributed by atoms with Gasteiger partial charge in [0, 0.05) is 17.9 Å². The highest BCUT2D eigenvalue weighted by Gasteiger charge is 2.27. The lowest BCUT2D eigenvalue weighted by atomic mass is 10.0. The Morgan fingerprint density at radius 2 is 2.00 bits per heavy atom. The van der Waals surface area contributed by atoms with E-state index in [1.165, 1.54) is 6.07 Å². The Morgan fingerprint density at radius 3 is 2.58 bits per heavy atom. The lowest BCUT2D eigenvalue weighted by Gasteiger charge is -2.32. The molecule has 2 unspecified atom stereocenters. The molecule has 1 N–H and O–H groups in total. The fraction of sp³-hybridized carbons (Fsp3) is 0.500.